The third-order valence-electron chi connectivity index (χ3n) is 7.80. The minimum absolute atomic E-state index is 0.140. The van der Waals surface area contributed by atoms with Crippen molar-refractivity contribution in [1.82, 2.24) is 5.32 Å². The first-order valence-corrected chi connectivity index (χ1v) is 16.5. The monoisotopic (exact) mass is 647 g/mol. The Kier molecular flexibility index (Phi) is 19.9. The number of aliphatic hydroxyl groups is 1. The summed E-state index contributed by atoms with van der Waals surface area (Å²) in [5.41, 5.74) is -2.44. The predicted molar refractivity (Wildman–Crippen MR) is 174 cm³/mol. The quantitative estimate of drug-likeness (QED) is 0.0584. The fraction of sp³-hybridized carbons (Fsp3) is 0.629. The first kappa shape index (κ1) is 40.3. The molecular weight excluding hydrogens is 594 g/mol. The molecule has 11 heteroatoms. The average Bonchev–Trinajstić information content (AvgIpc) is 3.00. The van der Waals surface area contributed by atoms with Gasteiger partial charge in [-0.15, -0.1) is 0 Å². The number of hydrogen-bond acceptors (Lipinski definition) is 7. The highest BCUT2D eigenvalue weighted by molar-refractivity contribution is 5.94. The van der Waals surface area contributed by atoms with Crippen molar-refractivity contribution in [2.75, 3.05) is 6.61 Å². The lowest BCUT2D eigenvalue weighted by atomic mass is 9.82. The fourth-order valence-corrected chi connectivity index (χ4v) is 4.99. The van der Waals surface area contributed by atoms with E-state index in [1.807, 2.05) is 6.92 Å². The third-order valence-corrected chi connectivity index (χ3v) is 7.80. The van der Waals surface area contributed by atoms with E-state index < -0.39 is 47.8 Å². The van der Waals surface area contributed by atoms with Crippen LogP contribution in [-0.4, -0.2) is 68.3 Å². The second-order valence-corrected chi connectivity index (χ2v) is 11.8. The molecule has 1 aromatic carbocycles. The number of unbranched alkanes of at least 4 members (excludes halogenated alkanes) is 9. The van der Waals surface area contributed by atoms with Crippen LogP contribution in [0, 0.1) is 5.92 Å². The number of hydrogen-bond donors (Lipinski definition) is 5. The number of benzene rings is 1. The molecule has 0 aromatic heterocycles. The average molecular weight is 648 g/mol. The Morgan fingerprint density at radius 1 is 0.826 bits per heavy atom. The molecule has 0 saturated carbocycles. The van der Waals surface area contributed by atoms with Gasteiger partial charge in [0, 0.05) is 19.3 Å². The molecular formula is C35H53NO10. The molecule has 3 unspecified atom stereocenters. The first-order valence-electron chi connectivity index (χ1n) is 16.5. The molecule has 3 atom stereocenters. The van der Waals surface area contributed by atoms with Crippen LogP contribution in [0.5, 0.6) is 5.75 Å². The zero-order chi connectivity index (χ0) is 34.4. The van der Waals surface area contributed by atoms with Crippen LogP contribution in [0.3, 0.4) is 0 Å². The number of allylic oxidation sites excluding steroid dienone is 1. The Balaban J connectivity index is 2.81. The highest BCUT2D eigenvalue weighted by Gasteiger charge is 2.49. The van der Waals surface area contributed by atoms with E-state index in [1.165, 1.54) is 12.5 Å². The zero-order valence-electron chi connectivity index (χ0n) is 27.4. The number of carbonyl (C=O) groups excluding carboxylic acids is 2. The second-order valence-electron chi connectivity index (χ2n) is 11.8. The van der Waals surface area contributed by atoms with Crippen molar-refractivity contribution < 1.29 is 49.1 Å². The molecule has 0 radical (unpaired) electrons. The molecule has 258 valence electrons. The summed E-state index contributed by atoms with van der Waals surface area (Å²) in [6.45, 7) is 4.73. The minimum atomic E-state index is -3.01. The molecule has 1 rings (SSSR count). The van der Waals surface area contributed by atoms with Gasteiger partial charge in [-0.25, -0.2) is 9.59 Å². The summed E-state index contributed by atoms with van der Waals surface area (Å²) < 4.78 is 5.61. The van der Waals surface area contributed by atoms with Crippen LogP contribution in [0.1, 0.15) is 116 Å². The Morgan fingerprint density at radius 2 is 1.41 bits per heavy atom. The van der Waals surface area contributed by atoms with E-state index in [2.05, 4.69) is 12.2 Å². The molecule has 0 aliphatic carbocycles. The number of amides is 1. The van der Waals surface area contributed by atoms with Gasteiger partial charge in [0.15, 0.2) is 5.60 Å². The van der Waals surface area contributed by atoms with E-state index in [9.17, 15) is 44.4 Å². The number of ketones is 1. The van der Waals surface area contributed by atoms with E-state index in [0.717, 1.165) is 63.9 Å². The summed E-state index contributed by atoms with van der Waals surface area (Å²) in [7, 11) is 0. The van der Waals surface area contributed by atoms with Crippen LogP contribution < -0.4 is 10.1 Å². The lowest BCUT2D eigenvalue weighted by molar-refractivity contribution is -0.172. The van der Waals surface area contributed by atoms with Gasteiger partial charge in [-0.2, -0.15) is 0 Å². The number of carboxylic acid groups (broad SMARTS) is 3. The van der Waals surface area contributed by atoms with Crippen molar-refractivity contribution >= 4 is 29.6 Å². The fourth-order valence-electron chi connectivity index (χ4n) is 4.99. The SMILES string of the molecule is CCCCCCCC(=O)CCCCCC/C=C/C(C(=O)NC(Cc1ccc(OCCCC)cc1)C(=O)O)C(O)(CC(=O)O)C(=O)O. The molecule has 0 aliphatic rings. The van der Waals surface area contributed by atoms with Crippen LogP contribution >= 0.6 is 0 Å². The summed E-state index contributed by atoms with van der Waals surface area (Å²) in [4.78, 5) is 60.8. The number of nitrogens with one attached hydrogen (secondary N) is 1. The van der Waals surface area contributed by atoms with Crippen molar-refractivity contribution in [3.05, 3.63) is 42.0 Å². The van der Waals surface area contributed by atoms with Gasteiger partial charge in [0.25, 0.3) is 0 Å². The maximum atomic E-state index is 13.3. The Bertz CT molecular complexity index is 1120. The largest absolute Gasteiger partial charge is 0.494 e. The Labute approximate surface area is 272 Å². The van der Waals surface area contributed by atoms with Gasteiger partial charge in [0.1, 0.15) is 17.6 Å². The summed E-state index contributed by atoms with van der Waals surface area (Å²) in [5.74, 6) is -7.05. The normalized spacial score (nSPS) is 13.9. The highest BCUT2D eigenvalue weighted by Crippen LogP contribution is 2.26. The van der Waals surface area contributed by atoms with Gasteiger partial charge in [-0.05, 0) is 49.8 Å². The maximum Gasteiger partial charge on any atom is 0.337 e. The van der Waals surface area contributed by atoms with Gasteiger partial charge in [0.05, 0.1) is 18.9 Å². The topological polar surface area (TPSA) is 188 Å². The molecule has 0 heterocycles. The first-order chi connectivity index (χ1) is 21.9. The number of carboxylic acids is 3. The van der Waals surface area contributed by atoms with E-state index >= 15 is 0 Å². The van der Waals surface area contributed by atoms with Crippen LogP contribution in [0.25, 0.3) is 0 Å². The molecule has 1 amide bonds. The second kappa shape index (κ2) is 22.7. The molecule has 1 aromatic rings. The van der Waals surface area contributed by atoms with Crippen molar-refractivity contribution in [3.8, 4) is 5.75 Å². The smallest absolute Gasteiger partial charge is 0.337 e. The van der Waals surface area contributed by atoms with Gasteiger partial charge >= 0.3 is 17.9 Å². The summed E-state index contributed by atoms with van der Waals surface area (Å²) in [5, 5.41) is 42.0. The molecule has 5 N–H and O–H groups in total. The molecule has 0 bridgehead atoms. The lowest BCUT2D eigenvalue weighted by Crippen LogP contribution is -2.55. The molecule has 0 spiro atoms. The summed E-state index contributed by atoms with van der Waals surface area (Å²) in [6.07, 6.45) is 13.2. The van der Waals surface area contributed by atoms with Gasteiger partial charge in [-0.3, -0.25) is 14.4 Å². The van der Waals surface area contributed by atoms with Crippen LogP contribution in [0.15, 0.2) is 36.4 Å². The molecule has 0 fully saturated rings. The van der Waals surface area contributed by atoms with Crippen molar-refractivity contribution in [1.29, 1.82) is 0 Å². The molecule has 46 heavy (non-hydrogen) atoms. The number of Topliss-reactive ketones (excluding diaryl/α,β-unsaturated/α-hetero) is 1. The van der Waals surface area contributed by atoms with Gasteiger partial charge in [-0.1, -0.05) is 83.1 Å². The third kappa shape index (κ3) is 16.0. The van der Waals surface area contributed by atoms with Crippen molar-refractivity contribution in [3.63, 3.8) is 0 Å². The number of aliphatic carboxylic acids is 3. The number of rotatable bonds is 27. The van der Waals surface area contributed by atoms with Gasteiger partial charge in [0.2, 0.25) is 5.91 Å². The number of ether oxygens (including phenoxy) is 1. The van der Waals surface area contributed by atoms with E-state index in [4.69, 9.17) is 4.74 Å². The molecule has 0 saturated heterocycles. The summed E-state index contributed by atoms with van der Waals surface area (Å²) >= 11 is 0. The van der Waals surface area contributed by atoms with Crippen LogP contribution in [0.4, 0.5) is 0 Å². The number of carbonyl (C=O) groups is 5. The van der Waals surface area contributed by atoms with Crippen molar-refractivity contribution in [2.24, 2.45) is 5.92 Å². The summed E-state index contributed by atoms with van der Waals surface area (Å²) in [6, 6.07) is 5.20. The van der Waals surface area contributed by atoms with Crippen LogP contribution in [-0.2, 0) is 30.4 Å². The zero-order valence-corrected chi connectivity index (χ0v) is 27.4. The van der Waals surface area contributed by atoms with Crippen LogP contribution in [0.2, 0.25) is 0 Å². The Hall–Kier alpha value is -3.73. The molecule has 0 aliphatic heterocycles. The highest BCUT2D eigenvalue weighted by atomic mass is 16.5. The van der Waals surface area contributed by atoms with E-state index in [0.29, 0.717) is 43.6 Å². The van der Waals surface area contributed by atoms with Gasteiger partial charge < -0.3 is 30.5 Å². The lowest BCUT2D eigenvalue weighted by Gasteiger charge is -2.29. The molecule has 11 nitrogen and oxygen atoms in total. The van der Waals surface area contributed by atoms with E-state index in [1.54, 1.807) is 24.3 Å². The van der Waals surface area contributed by atoms with Crippen molar-refractivity contribution in [2.45, 2.75) is 128 Å². The Morgan fingerprint density at radius 3 is 1.96 bits per heavy atom. The minimum Gasteiger partial charge on any atom is -0.494 e. The standard InChI is InChI=1S/C35H53NO10/c1-3-5-7-10-13-16-27(37)17-14-11-8-9-12-15-18-29(35(45,34(43)44)25-31(38)39)32(40)36-30(33(41)42)24-26-19-21-28(22-20-26)46-23-6-4-2/h15,18-22,29-30,45H,3-14,16-17,23-25H2,1-2H3,(H,36,40)(H,38,39)(H,41,42)(H,43,44)/b18-15+. The predicted octanol–water partition coefficient (Wildman–Crippen LogP) is 5.71. The van der Waals surface area contributed by atoms with E-state index in [-0.39, 0.29) is 12.2 Å². The maximum absolute atomic E-state index is 13.3.